The van der Waals surface area contributed by atoms with Crippen LogP contribution in [-0.2, 0) is 6.42 Å². The minimum atomic E-state index is -1.54. The van der Waals surface area contributed by atoms with Crippen molar-refractivity contribution in [2.45, 2.75) is 12.5 Å². The highest BCUT2D eigenvalue weighted by Crippen LogP contribution is 2.32. The number of carbonyl (C=O) groups is 2. The molecule has 9 nitrogen and oxygen atoms in total. The van der Waals surface area contributed by atoms with Gasteiger partial charge in [-0.2, -0.15) is 0 Å². The zero-order valence-corrected chi connectivity index (χ0v) is 18.5. The number of H-pyrrole nitrogens is 1. The molecular formula is C24H20N4O5S. The van der Waals surface area contributed by atoms with E-state index in [1.807, 2.05) is 60.7 Å². The van der Waals surface area contributed by atoms with Crippen LogP contribution in [0.2, 0.25) is 0 Å². The van der Waals surface area contributed by atoms with E-state index in [9.17, 15) is 24.6 Å². The number of nitrogens with zero attached hydrogens (tertiary/aromatic N) is 1. The number of hydrogen-bond donors (Lipinski definition) is 5. The van der Waals surface area contributed by atoms with Crippen LogP contribution in [0, 0.1) is 0 Å². The molecule has 172 valence electrons. The Morgan fingerprint density at radius 3 is 2.38 bits per heavy atom. The van der Waals surface area contributed by atoms with Gasteiger partial charge in [0.25, 0.3) is 5.56 Å². The zero-order chi connectivity index (χ0) is 24.1. The summed E-state index contributed by atoms with van der Waals surface area (Å²) in [6, 6.07) is 20.2. The molecule has 1 atom stereocenters. The summed E-state index contributed by atoms with van der Waals surface area (Å²) in [5, 5.41) is 26.3. The second-order valence-corrected chi connectivity index (χ2v) is 8.25. The van der Waals surface area contributed by atoms with Crippen LogP contribution in [0.4, 0.5) is 10.5 Å². The number of rotatable bonds is 7. The third kappa shape index (κ3) is 5.13. The molecule has 2 heterocycles. The molecule has 0 fully saturated rings. The molecule has 2 amide bonds. The number of carboxylic acids is 1. The fraction of sp³-hybridized carbons (Fsp3) is 0.0833. The van der Waals surface area contributed by atoms with E-state index in [4.69, 9.17) is 0 Å². The van der Waals surface area contributed by atoms with Gasteiger partial charge in [-0.15, -0.1) is 11.3 Å². The number of urea groups is 1. The Morgan fingerprint density at radius 2 is 1.71 bits per heavy atom. The molecule has 0 saturated heterocycles. The van der Waals surface area contributed by atoms with Gasteiger partial charge in [-0.25, -0.2) is 14.6 Å². The molecule has 0 aliphatic rings. The van der Waals surface area contributed by atoms with Gasteiger partial charge >= 0.3 is 12.0 Å². The third-order valence-electron chi connectivity index (χ3n) is 5.02. The molecule has 2 aromatic heterocycles. The Labute approximate surface area is 197 Å². The topological polar surface area (TPSA) is 144 Å². The van der Waals surface area contributed by atoms with E-state index in [0.717, 1.165) is 22.5 Å². The summed E-state index contributed by atoms with van der Waals surface area (Å²) in [5.74, 6) is -2.60. The van der Waals surface area contributed by atoms with Gasteiger partial charge in [-0.1, -0.05) is 60.7 Å². The average molecular weight is 477 g/mol. The lowest BCUT2D eigenvalue weighted by Crippen LogP contribution is -2.33. The number of carbonyl (C=O) groups excluding carboxylic acids is 1. The van der Waals surface area contributed by atoms with Gasteiger partial charge < -0.3 is 25.8 Å². The maximum Gasteiger partial charge on any atom is 0.358 e. The molecular weight excluding hydrogens is 456 g/mol. The van der Waals surface area contributed by atoms with E-state index in [-0.39, 0.29) is 11.9 Å². The van der Waals surface area contributed by atoms with Crippen molar-refractivity contribution < 1.29 is 19.8 Å². The van der Waals surface area contributed by atoms with Crippen molar-refractivity contribution in [2.24, 2.45) is 0 Å². The second kappa shape index (κ2) is 10.0. The van der Waals surface area contributed by atoms with E-state index in [1.54, 1.807) is 11.4 Å². The standard InChI is InChI=1S/C24H20N4O5S/c29-19-18(23(31)32)27-21(28-22(19)30)20-16(11-12-34-20)25-24(33)26-17(15-9-5-2-6-10-15)13-14-7-3-1-4-8-14/h1-12,17,29H,13H2,(H,31,32)(H2,25,26,33)(H,27,28,30). The Balaban J connectivity index is 1.57. The van der Waals surface area contributed by atoms with Crippen LogP contribution in [0.1, 0.15) is 27.7 Å². The van der Waals surface area contributed by atoms with Gasteiger partial charge in [0.2, 0.25) is 5.75 Å². The van der Waals surface area contributed by atoms with E-state index >= 15 is 0 Å². The molecule has 0 saturated carbocycles. The number of amides is 2. The van der Waals surface area contributed by atoms with Gasteiger partial charge in [0, 0.05) is 0 Å². The van der Waals surface area contributed by atoms with Crippen molar-refractivity contribution in [3.8, 4) is 16.5 Å². The summed E-state index contributed by atoms with van der Waals surface area (Å²) in [6.45, 7) is 0. The van der Waals surface area contributed by atoms with Gasteiger partial charge in [0.1, 0.15) is 0 Å². The number of hydrogen-bond acceptors (Lipinski definition) is 6. The van der Waals surface area contributed by atoms with Crippen molar-refractivity contribution in [1.82, 2.24) is 15.3 Å². The van der Waals surface area contributed by atoms with Crippen LogP contribution < -0.4 is 16.2 Å². The summed E-state index contributed by atoms with van der Waals surface area (Å²) in [6.07, 6.45) is 0.573. The lowest BCUT2D eigenvalue weighted by molar-refractivity contribution is 0.0686. The quantitative estimate of drug-likeness (QED) is 0.273. The minimum Gasteiger partial charge on any atom is -0.501 e. The predicted octanol–water partition coefficient (Wildman–Crippen LogP) is 4.01. The normalized spacial score (nSPS) is 11.5. The average Bonchev–Trinajstić information content (AvgIpc) is 3.29. The van der Waals surface area contributed by atoms with Crippen molar-refractivity contribution >= 4 is 29.0 Å². The van der Waals surface area contributed by atoms with Crippen molar-refractivity contribution in [1.29, 1.82) is 0 Å². The Hall–Kier alpha value is -4.44. The molecule has 34 heavy (non-hydrogen) atoms. The molecule has 0 aliphatic carbocycles. The van der Waals surface area contributed by atoms with Gasteiger partial charge in [-0.05, 0) is 29.0 Å². The number of nitrogens with one attached hydrogen (secondary N) is 3. The van der Waals surface area contributed by atoms with Crippen molar-refractivity contribution in [3.63, 3.8) is 0 Å². The minimum absolute atomic E-state index is 0.0746. The molecule has 4 rings (SSSR count). The largest absolute Gasteiger partial charge is 0.501 e. The lowest BCUT2D eigenvalue weighted by Gasteiger charge is -2.20. The third-order valence-corrected chi connectivity index (χ3v) is 5.94. The van der Waals surface area contributed by atoms with Gasteiger partial charge in [-0.3, -0.25) is 4.79 Å². The Bertz CT molecular complexity index is 1370. The van der Waals surface area contributed by atoms with Gasteiger partial charge in [0.05, 0.1) is 16.6 Å². The molecule has 0 radical (unpaired) electrons. The highest BCUT2D eigenvalue weighted by molar-refractivity contribution is 7.14. The van der Waals surface area contributed by atoms with E-state index in [0.29, 0.717) is 17.0 Å². The number of anilines is 1. The van der Waals surface area contributed by atoms with E-state index in [2.05, 4.69) is 20.6 Å². The first-order chi connectivity index (χ1) is 16.4. The number of aromatic hydroxyl groups is 1. The number of aromatic amines is 1. The van der Waals surface area contributed by atoms with Crippen LogP contribution in [0.3, 0.4) is 0 Å². The van der Waals surface area contributed by atoms with Crippen molar-refractivity contribution in [2.75, 3.05) is 5.32 Å². The molecule has 0 aliphatic heterocycles. The van der Waals surface area contributed by atoms with Crippen LogP contribution in [-0.4, -0.2) is 32.2 Å². The fourth-order valence-corrected chi connectivity index (χ4v) is 4.21. The highest BCUT2D eigenvalue weighted by Gasteiger charge is 2.21. The predicted molar refractivity (Wildman–Crippen MR) is 128 cm³/mol. The van der Waals surface area contributed by atoms with E-state index in [1.165, 1.54) is 0 Å². The fourth-order valence-electron chi connectivity index (χ4n) is 3.42. The van der Waals surface area contributed by atoms with E-state index < -0.39 is 29.0 Å². The first-order valence-corrected chi connectivity index (χ1v) is 11.1. The number of thiophene rings is 1. The zero-order valence-electron chi connectivity index (χ0n) is 17.7. The molecule has 0 bridgehead atoms. The molecule has 5 N–H and O–H groups in total. The molecule has 10 heteroatoms. The summed E-state index contributed by atoms with van der Waals surface area (Å²) in [7, 11) is 0. The Kier molecular flexibility index (Phi) is 6.69. The van der Waals surface area contributed by atoms with Crippen molar-refractivity contribution in [3.05, 3.63) is 99.3 Å². The smallest absolute Gasteiger partial charge is 0.358 e. The molecule has 2 aromatic carbocycles. The van der Waals surface area contributed by atoms with Gasteiger partial charge in [0.15, 0.2) is 11.5 Å². The van der Waals surface area contributed by atoms with Crippen LogP contribution >= 0.6 is 11.3 Å². The maximum atomic E-state index is 12.9. The summed E-state index contributed by atoms with van der Waals surface area (Å²) < 4.78 is 0. The number of carboxylic acid groups (broad SMARTS) is 1. The summed E-state index contributed by atoms with van der Waals surface area (Å²) in [5.41, 5.74) is 0.564. The molecule has 0 spiro atoms. The summed E-state index contributed by atoms with van der Waals surface area (Å²) in [4.78, 5) is 42.7. The second-order valence-electron chi connectivity index (χ2n) is 7.33. The van der Waals surface area contributed by atoms with Crippen LogP contribution in [0.5, 0.6) is 5.75 Å². The lowest BCUT2D eigenvalue weighted by atomic mass is 9.99. The first-order valence-electron chi connectivity index (χ1n) is 10.2. The van der Waals surface area contributed by atoms with Crippen LogP contribution in [0.15, 0.2) is 76.9 Å². The summed E-state index contributed by atoms with van der Waals surface area (Å²) >= 11 is 1.15. The monoisotopic (exact) mass is 476 g/mol. The molecule has 1 unspecified atom stereocenters. The maximum absolute atomic E-state index is 12.9. The SMILES string of the molecule is O=C(Nc1ccsc1-c1nc(C(=O)O)c(O)c(=O)[nH]1)NC(Cc1ccccc1)c1ccccc1. The Morgan fingerprint density at radius 1 is 1.03 bits per heavy atom. The number of aromatic carboxylic acids is 1. The van der Waals surface area contributed by atoms with Crippen LogP contribution in [0.25, 0.3) is 10.7 Å². The first kappa shape index (κ1) is 22.7. The highest BCUT2D eigenvalue weighted by atomic mass is 32.1. The number of aromatic nitrogens is 2. The number of benzene rings is 2. The molecule has 4 aromatic rings.